The number of hydrogen-bond acceptors (Lipinski definition) is 0. The Hall–Kier alpha value is -1.03. The summed E-state index contributed by atoms with van der Waals surface area (Å²) in [6.45, 7) is -0.414. The van der Waals surface area contributed by atoms with Gasteiger partial charge in [0, 0.05) is 5.56 Å². The summed E-state index contributed by atoms with van der Waals surface area (Å²) in [6.07, 6.45) is -4.11. The number of hydrogen-bond donors (Lipinski definition) is 0. The Kier molecular flexibility index (Phi) is 3.39. The molecule has 84 valence electrons. The van der Waals surface area contributed by atoms with Gasteiger partial charge in [0.2, 0.25) is 0 Å². The van der Waals surface area contributed by atoms with Crippen LogP contribution in [0.15, 0.2) is 30.3 Å². The van der Waals surface area contributed by atoms with Crippen molar-refractivity contribution >= 4 is 0 Å². The second-order valence-corrected chi connectivity index (χ2v) is 4.35. The third-order valence-electron chi connectivity index (χ3n) is 2.06. The SMILES string of the molecule is C[N+](C)(Cc1ccccc1)CC(F)(F)F. The van der Waals surface area contributed by atoms with Crippen LogP contribution in [0.3, 0.4) is 0 Å². The van der Waals surface area contributed by atoms with Crippen molar-refractivity contribution in [2.24, 2.45) is 0 Å². The molecule has 1 aromatic rings. The molecule has 0 spiro atoms. The maximum Gasteiger partial charge on any atom is 0.438 e. The van der Waals surface area contributed by atoms with Crippen molar-refractivity contribution in [1.82, 2.24) is 0 Å². The van der Waals surface area contributed by atoms with Gasteiger partial charge >= 0.3 is 6.18 Å². The minimum absolute atomic E-state index is 0.0759. The summed E-state index contributed by atoms with van der Waals surface area (Å²) >= 11 is 0. The van der Waals surface area contributed by atoms with Gasteiger partial charge in [0.1, 0.15) is 6.54 Å². The van der Waals surface area contributed by atoms with Gasteiger partial charge in [-0.1, -0.05) is 30.3 Å². The minimum atomic E-state index is -4.11. The van der Waals surface area contributed by atoms with Crippen LogP contribution in [0.4, 0.5) is 13.2 Å². The molecule has 1 aromatic carbocycles. The molecule has 0 aromatic heterocycles. The summed E-state index contributed by atoms with van der Waals surface area (Å²) < 4.78 is 36.6. The van der Waals surface area contributed by atoms with Crippen molar-refractivity contribution in [3.8, 4) is 0 Å². The highest BCUT2D eigenvalue weighted by Gasteiger charge is 2.37. The van der Waals surface area contributed by atoms with E-state index < -0.39 is 12.7 Å². The Morgan fingerprint density at radius 2 is 1.60 bits per heavy atom. The molecule has 0 fully saturated rings. The molecule has 0 atom stereocenters. The molecule has 0 unspecified atom stereocenters. The van der Waals surface area contributed by atoms with Crippen LogP contribution >= 0.6 is 0 Å². The van der Waals surface area contributed by atoms with Gasteiger partial charge in [0.05, 0.1) is 14.1 Å². The van der Waals surface area contributed by atoms with E-state index >= 15 is 0 Å². The van der Waals surface area contributed by atoms with E-state index in [1.165, 1.54) is 0 Å². The zero-order valence-corrected chi connectivity index (χ0v) is 8.88. The quantitative estimate of drug-likeness (QED) is 0.684. The number of benzene rings is 1. The average molecular weight is 218 g/mol. The van der Waals surface area contributed by atoms with Gasteiger partial charge in [0.25, 0.3) is 0 Å². The van der Waals surface area contributed by atoms with Gasteiger partial charge < -0.3 is 4.48 Å². The molecule has 0 bridgehead atoms. The molecule has 1 rings (SSSR count). The molecule has 1 nitrogen and oxygen atoms in total. The standard InChI is InChI=1S/C11H15F3N/c1-15(2,9-11(12,13)14)8-10-6-4-3-5-7-10/h3-7H,8-9H2,1-2H3/q+1. The summed E-state index contributed by atoms with van der Waals surface area (Å²) in [4.78, 5) is 0. The van der Waals surface area contributed by atoms with Crippen LogP contribution in [-0.2, 0) is 6.54 Å². The van der Waals surface area contributed by atoms with Crippen molar-refractivity contribution in [1.29, 1.82) is 0 Å². The van der Waals surface area contributed by atoms with Crippen LogP contribution in [0, 0.1) is 0 Å². The molecular formula is C11H15F3N+. The molecule has 0 aliphatic carbocycles. The maximum atomic E-state index is 12.2. The van der Waals surface area contributed by atoms with Crippen LogP contribution in [0.2, 0.25) is 0 Å². The Bertz CT molecular complexity index is 303. The van der Waals surface area contributed by atoms with Crippen LogP contribution in [-0.4, -0.2) is 31.3 Å². The Balaban J connectivity index is 2.65. The normalized spacial score (nSPS) is 12.9. The molecule has 0 saturated carbocycles. The first-order valence-electron chi connectivity index (χ1n) is 4.71. The lowest BCUT2D eigenvalue weighted by molar-refractivity contribution is -0.913. The number of nitrogens with zero attached hydrogens (tertiary/aromatic N) is 1. The molecule has 0 aliphatic rings. The average Bonchev–Trinajstić information content (AvgIpc) is 1.99. The van der Waals surface area contributed by atoms with Gasteiger partial charge in [-0.2, -0.15) is 13.2 Å². The molecule has 0 radical (unpaired) electrons. The molecule has 0 N–H and O–H groups in total. The summed E-state index contributed by atoms with van der Waals surface area (Å²) in [5, 5.41) is 0. The van der Waals surface area contributed by atoms with E-state index in [1.807, 2.05) is 30.3 Å². The molecule has 4 heteroatoms. The lowest BCUT2D eigenvalue weighted by Gasteiger charge is -2.30. The lowest BCUT2D eigenvalue weighted by atomic mass is 10.2. The highest BCUT2D eigenvalue weighted by atomic mass is 19.4. The van der Waals surface area contributed by atoms with Crippen molar-refractivity contribution < 1.29 is 17.7 Å². The molecule has 0 aliphatic heterocycles. The van der Waals surface area contributed by atoms with Crippen LogP contribution in [0.25, 0.3) is 0 Å². The highest BCUT2D eigenvalue weighted by molar-refractivity contribution is 5.13. The highest BCUT2D eigenvalue weighted by Crippen LogP contribution is 2.21. The Morgan fingerprint density at radius 3 is 2.07 bits per heavy atom. The van der Waals surface area contributed by atoms with E-state index in [9.17, 15) is 13.2 Å². The number of halogens is 3. The zero-order valence-electron chi connectivity index (χ0n) is 8.88. The van der Waals surface area contributed by atoms with E-state index in [1.54, 1.807) is 14.1 Å². The molecule has 15 heavy (non-hydrogen) atoms. The van der Waals surface area contributed by atoms with E-state index in [2.05, 4.69) is 0 Å². The second-order valence-electron chi connectivity index (χ2n) is 4.35. The number of alkyl halides is 3. The predicted octanol–water partition coefficient (Wildman–Crippen LogP) is 2.83. The number of quaternary nitrogens is 1. The monoisotopic (exact) mass is 218 g/mol. The van der Waals surface area contributed by atoms with Gasteiger partial charge in [-0.25, -0.2) is 0 Å². The first-order valence-corrected chi connectivity index (χ1v) is 4.71. The second kappa shape index (κ2) is 4.23. The fraction of sp³-hybridized carbons (Fsp3) is 0.455. The third kappa shape index (κ3) is 4.83. The molecule has 0 amide bonds. The fourth-order valence-electron chi connectivity index (χ4n) is 1.62. The van der Waals surface area contributed by atoms with E-state index in [4.69, 9.17) is 0 Å². The fourth-order valence-corrected chi connectivity index (χ4v) is 1.62. The smallest absolute Gasteiger partial charge is 0.317 e. The number of rotatable bonds is 3. The molecule has 0 heterocycles. The maximum absolute atomic E-state index is 12.2. The Morgan fingerprint density at radius 1 is 1.07 bits per heavy atom. The van der Waals surface area contributed by atoms with Crippen LogP contribution in [0.1, 0.15) is 5.56 Å². The van der Waals surface area contributed by atoms with Crippen molar-refractivity contribution in [3.63, 3.8) is 0 Å². The van der Waals surface area contributed by atoms with E-state index in [0.29, 0.717) is 6.54 Å². The predicted molar refractivity (Wildman–Crippen MR) is 53.2 cm³/mol. The van der Waals surface area contributed by atoms with Gasteiger partial charge in [-0.05, 0) is 0 Å². The van der Waals surface area contributed by atoms with E-state index in [-0.39, 0.29) is 4.48 Å². The van der Waals surface area contributed by atoms with Crippen molar-refractivity contribution in [3.05, 3.63) is 35.9 Å². The van der Waals surface area contributed by atoms with Gasteiger partial charge in [0.15, 0.2) is 6.54 Å². The van der Waals surface area contributed by atoms with E-state index in [0.717, 1.165) is 5.56 Å². The largest absolute Gasteiger partial charge is 0.438 e. The molecular weight excluding hydrogens is 203 g/mol. The lowest BCUT2D eigenvalue weighted by Crippen LogP contribution is -2.45. The molecule has 0 saturated heterocycles. The third-order valence-corrected chi connectivity index (χ3v) is 2.06. The Labute approximate surface area is 87.7 Å². The summed E-state index contributed by atoms with van der Waals surface area (Å²) in [5.41, 5.74) is 0.923. The summed E-state index contributed by atoms with van der Waals surface area (Å²) in [7, 11) is 3.17. The topological polar surface area (TPSA) is 0 Å². The minimum Gasteiger partial charge on any atom is -0.317 e. The van der Waals surface area contributed by atoms with Crippen molar-refractivity contribution in [2.45, 2.75) is 12.7 Å². The van der Waals surface area contributed by atoms with Crippen molar-refractivity contribution in [2.75, 3.05) is 20.6 Å². The van der Waals surface area contributed by atoms with Gasteiger partial charge in [-0.15, -0.1) is 0 Å². The first kappa shape index (κ1) is 12.0. The zero-order chi connectivity index (χ0) is 11.5. The summed E-state index contributed by atoms with van der Waals surface area (Å²) in [6, 6.07) is 9.21. The van der Waals surface area contributed by atoms with Crippen LogP contribution in [0.5, 0.6) is 0 Å². The first-order chi connectivity index (χ1) is 6.79. The summed E-state index contributed by atoms with van der Waals surface area (Å²) in [5.74, 6) is 0. The van der Waals surface area contributed by atoms with Crippen LogP contribution < -0.4 is 0 Å². The van der Waals surface area contributed by atoms with Gasteiger partial charge in [-0.3, -0.25) is 0 Å².